The summed E-state index contributed by atoms with van der Waals surface area (Å²) < 4.78 is 6.39. The summed E-state index contributed by atoms with van der Waals surface area (Å²) in [4.78, 5) is 0. The van der Waals surface area contributed by atoms with Gasteiger partial charge in [-0.2, -0.15) is 0 Å². The third kappa shape index (κ3) is 2.69. The molecule has 0 aliphatic heterocycles. The zero-order chi connectivity index (χ0) is 8.10. The third-order valence-corrected chi connectivity index (χ3v) is 2.24. The highest BCUT2D eigenvalue weighted by Gasteiger charge is 1.92. The molecular formula is C9H11IO. The van der Waals surface area contributed by atoms with E-state index in [0.29, 0.717) is 0 Å². The number of ether oxygens (including phenoxy) is 1. The van der Waals surface area contributed by atoms with Crippen LogP contribution in [0.5, 0.6) is 5.75 Å². The maximum Gasteiger partial charge on any atom is 0.119 e. The Morgan fingerprint density at radius 2 is 2.27 bits per heavy atom. The third-order valence-electron chi connectivity index (χ3n) is 1.36. The summed E-state index contributed by atoms with van der Waals surface area (Å²) in [6.07, 6.45) is 0. The molecule has 0 fully saturated rings. The van der Waals surface area contributed by atoms with Gasteiger partial charge in [-0.05, 0) is 24.6 Å². The van der Waals surface area contributed by atoms with Crippen molar-refractivity contribution in [2.24, 2.45) is 0 Å². The van der Waals surface area contributed by atoms with Crippen LogP contribution in [-0.4, -0.2) is 6.61 Å². The van der Waals surface area contributed by atoms with Gasteiger partial charge in [0, 0.05) is 4.43 Å². The lowest BCUT2D eigenvalue weighted by molar-refractivity contribution is 0.340. The number of alkyl halides is 1. The van der Waals surface area contributed by atoms with Crippen molar-refractivity contribution < 1.29 is 4.74 Å². The van der Waals surface area contributed by atoms with Crippen molar-refractivity contribution in [1.29, 1.82) is 0 Å². The molecule has 0 saturated carbocycles. The summed E-state index contributed by atoms with van der Waals surface area (Å²) in [7, 11) is 0. The van der Waals surface area contributed by atoms with Crippen molar-refractivity contribution >= 4 is 22.6 Å². The molecule has 0 bridgehead atoms. The first kappa shape index (κ1) is 8.84. The fraction of sp³-hybridized carbons (Fsp3) is 0.333. The number of halogens is 1. The topological polar surface area (TPSA) is 9.23 Å². The highest BCUT2D eigenvalue weighted by atomic mass is 127. The largest absolute Gasteiger partial charge is 0.494 e. The smallest absolute Gasteiger partial charge is 0.119 e. The van der Waals surface area contributed by atoms with Crippen molar-refractivity contribution in [2.75, 3.05) is 6.61 Å². The Bertz CT molecular complexity index is 223. The summed E-state index contributed by atoms with van der Waals surface area (Å²) in [6, 6.07) is 8.20. The normalized spacial score (nSPS) is 9.64. The number of hydrogen-bond acceptors (Lipinski definition) is 1. The molecule has 0 heterocycles. The Kier molecular flexibility index (Phi) is 3.69. The van der Waals surface area contributed by atoms with Crippen LogP contribution >= 0.6 is 22.6 Å². The molecular weight excluding hydrogens is 251 g/mol. The van der Waals surface area contributed by atoms with Crippen molar-refractivity contribution in [3.63, 3.8) is 0 Å². The Morgan fingerprint density at radius 1 is 1.45 bits per heavy atom. The van der Waals surface area contributed by atoms with Crippen LogP contribution in [-0.2, 0) is 4.43 Å². The molecule has 0 amide bonds. The van der Waals surface area contributed by atoms with Gasteiger partial charge >= 0.3 is 0 Å². The minimum absolute atomic E-state index is 0.741. The minimum Gasteiger partial charge on any atom is -0.494 e. The SMILES string of the molecule is CCOc1cccc(CI)c1. The Hall–Kier alpha value is -0.250. The van der Waals surface area contributed by atoms with E-state index in [1.807, 2.05) is 19.1 Å². The van der Waals surface area contributed by atoms with Gasteiger partial charge < -0.3 is 4.74 Å². The summed E-state index contributed by atoms with van der Waals surface area (Å²) in [5.74, 6) is 0.974. The lowest BCUT2D eigenvalue weighted by Crippen LogP contribution is -1.91. The molecule has 0 spiro atoms. The summed E-state index contributed by atoms with van der Waals surface area (Å²) in [5.41, 5.74) is 1.32. The monoisotopic (exact) mass is 262 g/mol. The van der Waals surface area contributed by atoms with Gasteiger partial charge in [0.15, 0.2) is 0 Å². The molecule has 2 heteroatoms. The van der Waals surface area contributed by atoms with E-state index < -0.39 is 0 Å². The highest BCUT2D eigenvalue weighted by molar-refractivity contribution is 14.1. The predicted molar refractivity (Wildman–Crippen MR) is 55.3 cm³/mol. The molecule has 1 nitrogen and oxygen atoms in total. The second kappa shape index (κ2) is 4.59. The van der Waals surface area contributed by atoms with Gasteiger partial charge in [0.2, 0.25) is 0 Å². The van der Waals surface area contributed by atoms with Gasteiger partial charge in [-0.25, -0.2) is 0 Å². The number of hydrogen-bond donors (Lipinski definition) is 0. The van der Waals surface area contributed by atoms with E-state index in [9.17, 15) is 0 Å². The second-order valence-electron chi connectivity index (χ2n) is 2.21. The van der Waals surface area contributed by atoms with Gasteiger partial charge in [-0.3, -0.25) is 0 Å². The van der Waals surface area contributed by atoms with Gasteiger partial charge in [-0.1, -0.05) is 34.7 Å². The van der Waals surface area contributed by atoms with Crippen LogP contribution in [0.15, 0.2) is 24.3 Å². The van der Waals surface area contributed by atoms with E-state index in [0.717, 1.165) is 16.8 Å². The molecule has 0 aliphatic carbocycles. The predicted octanol–water partition coefficient (Wildman–Crippen LogP) is 3.02. The first-order chi connectivity index (χ1) is 5.36. The molecule has 1 rings (SSSR count). The molecule has 0 aliphatic rings. The van der Waals surface area contributed by atoms with Crippen molar-refractivity contribution in [3.05, 3.63) is 29.8 Å². The van der Waals surface area contributed by atoms with Gasteiger partial charge in [0.05, 0.1) is 6.61 Å². The second-order valence-corrected chi connectivity index (χ2v) is 2.98. The average molecular weight is 262 g/mol. The average Bonchev–Trinajstić information content (AvgIpc) is 2.06. The fourth-order valence-electron chi connectivity index (χ4n) is 0.885. The van der Waals surface area contributed by atoms with Gasteiger partial charge in [0.1, 0.15) is 5.75 Å². The van der Waals surface area contributed by atoms with E-state index in [4.69, 9.17) is 4.74 Å². The maximum absolute atomic E-state index is 5.35. The maximum atomic E-state index is 5.35. The summed E-state index contributed by atoms with van der Waals surface area (Å²) in [5, 5.41) is 0. The lowest BCUT2D eigenvalue weighted by Gasteiger charge is -2.03. The highest BCUT2D eigenvalue weighted by Crippen LogP contribution is 2.15. The van der Waals surface area contributed by atoms with Crippen LogP contribution in [0.1, 0.15) is 12.5 Å². The van der Waals surface area contributed by atoms with Crippen LogP contribution in [0, 0.1) is 0 Å². The molecule has 0 unspecified atom stereocenters. The van der Waals surface area contributed by atoms with E-state index in [1.54, 1.807) is 0 Å². The van der Waals surface area contributed by atoms with E-state index in [-0.39, 0.29) is 0 Å². The number of benzene rings is 1. The first-order valence-electron chi connectivity index (χ1n) is 3.64. The number of rotatable bonds is 3. The van der Waals surface area contributed by atoms with Crippen molar-refractivity contribution in [1.82, 2.24) is 0 Å². The molecule has 0 N–H and O–H groups in total. The van der Waals surface area contributed by atoms with Gasteiger partial charge in [-0.15, -0.1) is 0 Å². The van der Waals surface area contributed by atoms with Crippen molar-refractivity contribution in [3.8, 4) is 5.75 Å². The van der Waals surface area contributed by atoms with Crippen LogP contribution in [0.4, 0.5) is 0 Å². The van der Waals surface area contributed by atoms with Crippen LogP contribution in [0.25, 0.3) is 0 Å². The zero-order valence-electron chi connectivity index (χ0n) is 6.51. The van der Waals surface area contributed by atoms with Crippen molar-refractivity contribution in [2.45, 2.75) is 11.4 Å². The molecule has 0 aromatic heterocycles. The zero-order valence-corrected chi connectivity index (χ0v) is 8.67. The molecule has 1 aromatic carbocycles. The Morgan fingerprint density at radius 3 is 2.91 bits per heavy atom. The molecule has 11 heavy (non-hydrogen) atoms. The Balaban J connectivity index is 2.74. The van der Waals surface area contributed by atoms with Crippen LogP contribution in [0.3, 0.4) is 0 Å². The molecule has 1 aromatic rings. The molecule has 0 saturated heterocycles. The Labute approximate surface area is 80.9 Å². The molecule has 0 radical (unpaired) electrons. The van der Waals surface area contributed by atoms with E-state index in [2.05, 4.69) is 34.7 Å². The molecule has 0 atom stereocenters. The summed E-state index contributed by atoms with van der Waals surface area (Å²) in [6.45, 7) is 2.74. The quantitative estimate of drug-likeness (QED) is 0.601. The fourth-order valence-corrected chi connectivity index (χ4v) is 1.36. The first-order valence-corrected chi connectivity index (χ1v) is 5.17. The van der Waals surface area contributed by atoms with E-state index in [1.165, 1.54) is 5.56 Å². The standard InChI is InChI=1S/C9H11IO/c1-2-11-9-5-3-4-8(6-9)7-10/h3-6H,2,7H2,1H3. The van der Waals surface area contributed by atoms with Crippen LogP contribution in [0.2, 0.25) is 0 Å². The minimum atomic E-state index is 0.741. The molecule has 60 valence electrons. The van der Waals surface area contributed by atoms with E-state index >= 15 is 0 Å². The summed E-state index contributed by atoms with van der Waals surface area (Å²) >= 11 is 2.34. The van der Waals surface area contributed by atoms with Crippen LogP contribution < -0.4 is 4.74 Å². The van der Waals surface area contributed by atoms with Gasteiger partial charge in [0.25, 0.3) is 0 Å². The lowest BCUT2D eigenvalue weighted by atomic mass is 10.2.